The Hall–Kier alpha value is -2.82. The molecule has 0 heterocycles. The molecule has 0 aliphatic heterocycles. The summed E-state index contributed by atoms with van der Waals surface area (Å²) in [6, 6.07) is 15.9. The minimum absolute atomic E-state index is 0.399. The van der Waals surface area contributed by atoms with Crippen LogP contribution in [0.15, 0.2) is 54.6 Å². The van der Waals surface area contributed by atoms with E-state index >= 15 is 0 Å². The number of hydrogen-bond donors (Lipinski definition) is 3. The highest BCUT2D eigenvalue weighted by Crippen LogP contribution is 2.20. The van der Waals surface area contributed by atoms with Crippen molar-refractivity contribution in [2.24, 2.45) is 0 Å². The van der Waals surface area contributed by atoms with Gasteiger partial charge >= 0.3 is 6.03 Å². The van der Waals surface area contributed by atoms with Crippen LogP contribution in [0.1, 0.15) is 24.1 Å². The molecule has 0 aliphatic rings. The van der Waals surface area contributed by atoms with Crippen LogP contribution in [0.2, 0.25) is 0 Å². The van der Waals surface area contributed by atoms with E-state index in [9.17, 15) is 9.59 Å². The van der Waals surface area contributed by atoms with Gasteiger partial charge < -0.3 is 10.6 Å². The first-order chi connectivity index (χ1) is 11.1. The Bertz CT molecular complexity index is 671. The molecule has 0 saturated carbocycles. The summed E-state index contributed by atoms with van der Waals surface area (Å²) in [5.74, 6) is -0.399. The Morgan fingerprint density at radius 3 is 2.43 bits per heavy atom. The lowest BCUT2D eigenvalue weighted by Crippen LogP contribution is -2.43. The number of benzene rings is 2. The van der Waals surface area contributed by atoms with Crippen molar-refractivity contribution >= 4 is 17.6 Å². The zero-order chi connectivity index (χ0) is 16.7. The van der Waals surface area contributed by atoms with Gasteiger partial charge in [-0.1, -0.05) is 42.5 Å². The lowest BCUT2D eigenvalue weighted by molar-refractivity contribution is -0.120. The second-order valence-electron chi connectivity index (χ2n) is 5.21. The van der Waals surface area contributed by atoms with E-state index in [4.69, 9.17) is 0 Å². The van der Waals surface area contributed by atoms with Crippen LogP contribution >= 0.6 is 0 Å². The molecule has 3 N–H and O–H groups in total. The average molecular weight is 311 g/mol. The van der Waals surface area contributed by atoms with Crippen molar-refractivity contribution in [1.29, 1.82) is 0 Å². The molecule has 2 rings (SSSR count). The molecular formula is C18H21N3O2. The lowest BCUT2D eigenvalue weighted by atomic mass is 10.1. The summed E-state index contributed by atoms with van der Waals surface area (Å²) < 4.78 is 0. The summed E-state index contributed by atoms with van der Waals surface area (Å²) >= 11 is 0. The van der Waals surface area contributed by atoms with Crippen molar-refractivity contribution in [3.63, 3.8) is 0 Å². The predicted molar refractivity (Wildman–Crippen MR) is 91.2 cm³/mol. The highest BCUT2D eigenvalue weighted by Gasteiger charge is 2.22. The van der Waals surface area contributed by atoms with Gasteiger partial charge in [0.05, 0.1) is 0 Å². The van der Waals surface area contributed by atoms with E-state index in [0.717, 1.165) is 16.8 Å². The van der Waals surface area contributed by atoms with Crippen LogP contribution in [0.4, 0.5) is 10.5 Å². The van der Waals surface area contributed by atoms with Crippen LogP contribution in [0.25, 0.3) is 0 Å². The fourth-order valence-corrected chi connectivity index (χ4v) is 2.24. The Labute approximate surface area is 136 Å². The second kappa shape index (κ2) is 7.98. The van der Waals surface area contributed by atoms with Crippen molar-refractivity contribution in [3.8, 4) is 0 Å². The summed E-state index contributed by atoms with van der Waals surface area (Å²) in [4.78, 5) is 24.1. The number of carbonyl (C=O) groups is 2. The minimum Gasteiger partial charge on any atom is -0.370 e. The van der Waals surface area contributed by atoms with Crippen molar-refractivity contribution in [2.45, 2.75) is 19.9 Å². The fraction of sp³-hybridized carbons (Fsp3) is 0.222. The first-order valence-electron chi connectivity index (χ1n) is 7.57. The maximum atomic E-state index is 12.5. The number of amides is 3. The molecule has 23 heavy (non-hydrogen) atoms. The van der Waals surface area contributed by atoms with E-state index in [2.05, 4.69) is 16.0 Å². The van der Waals surface area contributed by atoms with E-state index in [1.807, 2.05) is 61.5 Å². The zero-order valence-electron chi connectivity index (χ0n) is 13.3. The van der Waals surface area contributed by atoms with Crippen LogP contribution in [0.5, 0.6) is 0 Å². The van der Waals surface area contributed by atoms with Crippen LogP contribution in [-0.4, -0.2) is 18.5 Å². The molecule has 1 atom stereocenters. The highest BCUT2D eigenvalue weighted by atomic mass is 16.2. The monoisotopic (exact) mass is 311 g/mol. The number of imide groups is 1. The van der Waals surface area contributed by atoms with Crippen molar-refractivity contribution in [3.05, 3.63) is 65.7 Å². The molecule has 2 aromatic carbocycles. The molecule has 3 amide bonds. The van der Waals surface area contributed by atoms with E-state index in [0.29, 0.717) is 6.54 Å². The maximum Gasteiger partial charge on any atom is 0.321 e. The third-order valence-electron chi connectivity index (χ3n) is 3.30. The third-order valence-corrected chi connectivity index (χ3v) is 3.30. The Morgan fingerprint density at radius 1 is 1.04 bits per heavy atom. The Morgan fingerprint density at radius 2 is 1.78 bits per heavy atom. The standard InChI is InChI=1S/C18H21N3O2/c1-3-19-18(23)21-17(22)16(14-9-5-4-6-10-14)20-15-11-7-8-13(2)12-15/h4-12,16,20H,3H2,1-2H3,(H2,19,21,22,23)/t16-/m1/s1. The highest BCUT2D eigenvalue weighted by molar-refractivity contribution is 5.98. The van der Waals surface area contributed by atoms with Gasteiger partial charge in [0.15, 0.2) is 0 Å². The van der Waals surface area contributed by atoms with E-state index in [1.165, 1.54) is 0 Å². The van der Waals surface area contributed by atoms with Crippen LogP contribution < -0.4 is 16.0 Å². The summed E-state index contributed by atoms with van der Waals surface area (Å²) in [6.07, 6.45) is 0. The quantitative estimate of drug-likeness (QED) is 0.795. The minimum atomic E-state index is -0.652. The molecule has 0 fully saturated rings. The normalized spacial score (nSPS) is 11.4. The molecule has 120 valence electrons. The first-order valence-corrected chi connectivity index (χ1v) is 7.57. The molecule has 0 bridgehead atoms. The van der Waals surface area contributed by atoms with Gasteiger partial charge in [-0.05, 0) is 37.1 Å². The van der Waals surface area contributed by atoms with Crippen LogP contribution in [-0.2, 0) is 4.79 Å². The number of urea groups is 1. The largest absolute Gasteiger partial charge is 0.370 e. The third kappa shape index (κ3) is 4.85. The van der Waals surface area contributed by atoms with Gasteiger partial charge in [0.1, 0.15) is 6.04 Å². The predicted octanol–water partition coefficient (Wildman–Crippen LogP) is 2.99. The summed E-state index contributed by atoms with van der Waals surface area (Å²) in [7, 11) is 0. The van der Waals surface area contributed by atoms with E-state index < -0.39 is 18.0 Å². The maximum absolute atomic E-state index is 12.5. The lowest BCUT2D eigenvalue weighted by Gasteiger charge is -2.20. The summed E-state index contributed by atoms with van der Waals surface area (Å²) in [5.41, 5.74) is 2.70. The molecular weight excluding hydrogens is 290 g/mol. The summed E-state index contributed by atoms with van der Waals surface area (Å²) in [6.45, 7) is 4.24. The molecule has 0 saturated heterocycles. The SMILES string of the molecule is CCNC(=O)NC(=O)[C@H](Nc1cccc(C)c1)c1ccccc1. The van der Waals surface area contributed by atoms with E-state index in [1.54, 1.807) is 6.92 Å². The Kier molecular flexibility index (Phi) is 5.74. The molecule has 0 aromatic heterocycles. The van der Waals surface area contributed by atoms with Gasteiger partial charge in [0.2, 0.25) is 0 Å². The molecule has 2 aromatic rings. The topological polar surface area (TPSA) is 70.2 Å². The van der Waals surface area contributed by atoms with Gasteiger partial charge in [-0.25, -0.2) is 4.79 Å². The van der Waals surface area contributed by atoms with Crippen LogP contribution in [0.3, 0.4) is 0 Å². The first kappa shape index (κ1) is 16.5. The van der Waals surface area contributed by atoms with Gasteiger partial charge in [0, 0.05) is 12.2 Å². The molecule has 5 heteroatoms. The van der Waals surface area contributed by atoms with Crippen molar-refractivity contribution in [1.82, 2.24) is 10.6 Å². The second-order valence-corrected chi connectivity index (χ2v) is 5.21. The zero-order valence-corrected chi connectivity index (χ0v) is 13.3. The molecule has 0 aliphatic carbocycles. The number of carbonyl (C=O) groups excluding carboxylic acids is 2. The number of aryl methyl sites for hydroxylation is 1. The van der Waals surface area contributed by atoms with Crippen molar-refractivity contribution < 1.29 is 9.59 Å². The smallest absolute Gasteiger partial charge is 0.321 e. The van der Waals surface area contributed by atoms with Gasteiger partial charge in [0.25, 0.3) is 5.91 Å². The summed E-state index contributed by atoms with van der Waals surface area (Å²) in [5, 5.41) is 8.11. The molecule has 0 spiro atoms. The van der Waals surface area contributed by atoms with E-state index in [-0.39, 0.29) is 0 Å². The number of anilines is 1. The van der Waals surface area contributed by atoms with Gasteiger partial charge in [-0.2, -0.15) is 0 Å². The van der Waals surface area contributed by atoms with Gasteiger partial charge in [-0.3, -0.25) is 10.1 Å². The molecule has 5 nitrogen and oxygen atoms in total. The fourth-order valence-electron chi connectivity index (χ4n) is 2.24. The average Bonchev–Trinajstić information content (AvgIpc) is 2.53. The molecule has 0 unspecified atom stereocenters. The molecule has 0 radical (unpaired) electrons. The Balaban J connectivity index is 2.22. The number of hydrogen-bond acceptors (Lipinski definition) is 3. The van der Waals surface area contributed by atoms with Crippen LogP contribution in [0, 0.1) is 6.92 Å². The number of nitrogens with one attached hydrogen (secondary N) is 3. The van der Waals surface area contributed by atoms with Gasteiger partial charge in [-0.15, -0.1) is 0 Å². The van der Waals surface area contributed by atoms with Crippen molar-refractivity contribution in [2.75, 3.05) is 11.9 Å². The number of rotatable bonds is 5.